The fraction of sp³-hybridized carbons (Fsp3) is 0.571. The van der Waals surface area contributed by atoms with Gasteiger partial charge in [0.25, 0.3) is 5.91 Å². The van der Waals surface area contributed by atoms with Crippen molar-refractivity contribution in [2.45, 2.75) is 32.7 Å². The molecule has 0 aromatic carbocycles. The summed E-state index contributed by atoms with van der Waals surface area (Å²) in [6.07, 6.45) is 3.68. The molecule has 0 saturated carbocycles. The molecule has 2 aliphatic heterocycles. The lowest BCUT2D eigenvalue weighted by Crippen LogP contribution is -2.51. The average molecular weight is 383 g/mol. The number of nitrogens with zero attached hydrogens (tertiary/aromatic N) is 5. The molecule has 0 unspecified atom stereocenters. The zero-order chi connectivity index (χ0) is 19.8. The van der Waals surface area contributed by atoms with Crippen molar-refractivity contribution >= 4 is 11.7 Å². The van der Waals surface area contributed by atoms with Gasteiger partial charge in [0.05, 0.1) is 6.26 Å². The lowest BCUT2D eigenvalue weighted by atomic mass is 9.95. The third-order valence-corrected chi connectivity index (χ3v) is 6.06. The van der Waals surface area contributed by atoms with Crippen LogP contribution < -0.4 is 4.90 Å². The molecule has 150 valence electrons. The van der Waals surface area contributed by atoms with Crippen LogP contribution in [0.25, 0.3) is 0 Å². The summed E-state index contributed by atoms with van der Waals surface area (Å²) in [6, 6.07) is 4.41. The fourth-order valence-electron chi connectivity index (χ4n) is 4.09. The second kappa shape index (κ2) is 7.54. The van der Waals surface area contributed by atoms with Crippen LogP contribution in [0.15, 0.2) is 22.8 Å². The minimum Gasteiger partial charge on any atom is -0.469 e. The molecule has 4 heterocycles. The lowest BCUT2D eigenvalue weighted by molar-refractivity contribution is 0.0479. The summed E-state index contributed by atoms with van der Waals surface area (Å²) in [5, 5.41) is 0. The van der Waals surface area contributed by atoms with E-state index in [1.165, 1.54) is 0 Å². The summed E-state index contributed by atoms with van der Waals surface area (Å²) in [5.41, 5.74) is 1.95. The van der Waals surface area contributed by atoms with Crippen molar-refractivity contribution in [1.82, 2.24) is 19.8 Å². The van der Waals surface area contributed by atoms with Gasteiger partial charge < -0.3 is 19.1 Å². The zero-order valence-electron chi connectivity index (χ0n) is 17.2. The van der Waals surface area contributed by atoms with Crippen LogP contribution >= 0.6 is 0 Å². The highest BCUT2D eigenvalue weighted by atomic mass is 16.3. The third kappa shape index (κ3) is 3.63. The molecule has 28 heavy (non-hydrogen) atoms. The quantitative estimate of drug-likeness (QED) is 0.788. The average Bonchev–Trinajstić information content (AvgIpc) is 3.31. The number of furan rings is 1. The largest absolute Gasteiger partial charge is 0.469 e. The summed E-state index contributed by atoms with van der Waals surface area (Å²) in [5.74, 6) is 2.59. The molecular weight excluding hydrogens is 354 g/mol. The minimum atomic E-state index is -0.0663. The normalized spacial score (nSPS) is 20.1. The first-order valence-electron chi connectivity index (χ1n) is 10.0. The number of hydrogen-bond donors (Lipinski definition) is 0. The molecule has 0 N–H and O–H groups in total. The number of amides is 1. The van der Waals surface area contributed by atoms with E-state index in [-0.39, 0.29) is 5.91 Å². The Morgan fingerprint density at radius 3 is 2.68 bits per heavy atom. The molecule has 0 spiro atoms. The Bertz CT molecular complexity index is 843. The van der Waals surface area contributed by atoms with Gasteiger partial charge in [-0.25, -0.2) is 9.97 Å². The van der Waals surface area contributed by atoms with Gasteiger partial charge in [-0.2, -0.15) is 0 Å². The van der Waals surface area contributed by atoms with Gasteiger partial charge in [0.2, 0.25) is 5.82 Å². The van der Waals surface area contributed by atoms with Crippen molar-refractivity contribution in [3.8, 4) is 0 Å². The second-order valence-corrected chi connectivity index (χ2v) is 8.29. The van der Waals surface area contributed by atoms with Crippen molar-refractivity contribution in [2.75, 3.05) is 45.2 Å². The molecule has 0 bridgehead atoms. The van der Waals surface area contributed by atoms with Crippen LogP contribution in [-0.4, -0.2) is 72.0 Å². The first-order chi connectivity index (χ1) is 13.4. The number of hydrogen-bond acceptors (Lipinski definition) is 6. The van der Waals surface area contributed by atoms with Gasteiger partial charge in [0.15, 0.2) is 0 Å². The smallest absolute Gasteiger partial charge is 0.291 e. The number of carbonyl (C=O) groups excluding carboxylic acids is 1. The minimum absolute atomic E-state index is 0.0663. The van der Waals surface area contributed by atoms with Gasteiger partial charge in [0.1, 0.15) is 11.6 Å². The van der Waals surface area contributed by atoms with E-state index in [0.29, 0.717) is 17.8 Å². The fourth-order valence-corrected chi connectivity index (χ4v) is 4.09. The standard InChI is InChI=1S/C21H29N5O2/c1-14-15(2)22-19(23-20(14)25-8-7-17(13-25)24(3)4)21(27)26-11-16(12-26)10-18-6-5-9-28-18/h5-6,9,16-17H,7-8,10-13H2,1-4H3/t17-/m1/s1. The van der Waals surface area contributed by atoms with Crippen LogP contribution in [0.3, 0.4) is 0 Å². The molecule has 7 heteroatoms. The van der Waals surface area contributed by atoms with Gasteiger partial charge in [-0.3, -0.25) is 4.79 Å². The summed E-state index contributed by atoms with van der Waals surface area (Å²) in [7, 11) is 4.23. The first-order valence-corrected chi connectivity index (χ1v) is 10.0. The van der Waals surface area contributed by atoms with Crippen LogP contribution in [0.2, 0.25) is 0 Å². The summed E-state index contributed by atoms with van der Waals surface area (Å²) in [4.78, 5) is 28.5. The Labute approximate surface area is 166 Å². The number of aromatic nitrogens is 2. The maximum atomic E-state index is 12.9. The second-order valence-electron chi connectivity index (χ2n) is 8.29. The third-order valence-electron chi connectivity index (χ3n) is 6.06. The molecule has 1 atom stereocenters. The van der Waals surface area contributed by atoms with Crippen molar-refractivity contribution in [3.05, 3.63) is 41.2 Å². The van der Waals surface area contributed by atoms with Crippen molar-refractivity contribution < 1.29 is 9.21 Å². The molecule has 2 fully saturated rings. The molecule has 1 amide bonds. The Morgan fingerprint density at radius 2 is 2.04 bits per heavy atom. The lowest BCUT2D eigenvalue weighted by Gasteiger charge is -2.38. The Hall–Kier alpha value is -2.41. The van der Waals surface area contributed by atoms with Gasteiger partial charge in [0, 0.05) is 55.8 Å². The Kier molecular flexibility index (Phi) is 5.10. The van der Waals surface area contributed by atoms with Gasteiger partial charge >= 0.3 is 0 Å². The van der Waals surface area contributed by atoms with Crippen LogP contribution in [0.4, 0.5) is 5.82 Å². The first kappa shape index (κ1) is 18.9. The van der Waals surface area contributed by atoms with E-state index in [2.05, 4.69) is 28.9 Å². The van der Waals surface area contributed by atoms with Crippen LogP contribution in [0, 0.1) is 19.8 Å². The Morgan fingerprint density at radius 1 is 1.25 bits per heavy atom. The summed E-state index contributed by atoms with van der Waals surface area (Å²) >= 11 is 0. The molecule has 2 saturated heterocycles. The van der Waals surface area contributed by atoms with Crippen molar-refractivity contribution in [1.29, 1.82) is 0 Å². The van der Waals surface area contributed by atoms with Gasteiger partial charge in [-0.15, -0.1) is 0 Å². The van der Waals surface area contributed by atoms with Crippen LogP contribution in [-0.2, 0) is 6.42 Å². The molecule has 2 aliphatic rings. The van der Waals surface area contributed by atoms with E-state index in [4.69, 9.17) is 9.40 Å². The number of anilines is 1. The molecule has 0 radical (unpaired) electrons. The molecule has 2 aromatic rings. The monoisotopic (exact) mass is 383 g/mol. The van der Waals surface area contributed by atoms with E-state index in [1.807, 2.05) is 30.9 Å². The predicted molar refractivity (Wildman–Crippen MR) is 108 cm³/mol. The predicted octanol–water partition coefficient (Wildman–Crippen LogP) is 2.14. The van der Waals surface area contributed by atoms with E-state index >= 15 is 0 Å². The maximum absolute atomic E-state index is 12.9. The van der Waals surface area contributed by atoms with Gasteiger partial charge in [-0.1, -0.05) is 0 Å². The molecule has 4 rings (SSSR count). The number of aryl methyl sites for hydroxylation is 1. The highest BCUT2D eigenvalue weighted by molar-refractivity contribution is 5.91. The SMILES string of the molecule is Cc1nc(C(=O)N2CC(Cc3ccco3)C2)nc(N2CC[C@@H](N(C)C)C2)c1C. The van der Waals surface area contributed by atoms with Crippen LogP contribution in [0.1, 0.15) is 34.1 Å². The maximum Gasteiger partial charge on any atom is 0.291 e. The van der Waals surface area contributed by atoms with Crippen LogP contribution in [0.5, 0.6) is 0 Å². The summed E-state index contributed by atoms with van der Waals surface area (Å²) < 4.78 is 5.41. The molecule has 0 aliphatic carbocycles. The number of rotatable bonds is 5. The summed E-state index contributed by atoms with van der Waals surface area (Å²) in [6.45, 7) is 7.38. The molecular formula is C21H29N5O2. The highest BCUT2D eigenvalue weighted by Gasteiger charge is 2.34. The van der Waals surface area contributed by atoms with Gasteiger partial charge in [-0.05, 0) is 46.5 Å². The Balaban J connectivity index is 1.45. The zero-order valence-corrected chi connectivity index (χ0v) is 17.2. The number of carbonyl (C=O) groups is 1. The highest BCUT2D eigenvalue weighted by Crippen LogP contribution is 2.27. The van der Waals surface area contributed by atoms with Crippen molar-refractivity contribution in [2.24, 2.45) is 5.92 Å². The number of likely N-dealkylation sites (N-methyl/N-ethyl adjacent to an activating group) is 1. The van der Waals surface area contributed by atoms with E-state index in [9.17, 15) is 4.79 Å². The topological polar surface area (TPSA) is 65.7 Å². The van der Waals surface area contributed by atoms with E-state index < -0.39 is 0 Å². The number of likely N-dealkylation sites (tertiary alicyclic amines) is 1. The van der Waals surface area contributed by atoms with E-state index in [1.54, 1.807) is 6.26 Å². The van der Waals surface area contributed by atoms with E-state index in [0.717, 1.165) is 61.9 Å². The molecule has 2 aromatic heterocycles. The molecule has 7 nitrogen and oxygen atoms in total. The van der Waals surface area contributed by atoms with Crippen molar-refractivity contribution in [3.63, 3.8) is 0 Å².